The average molecular weight is 456 g/mol. The summed E-state index contributed by atoms with van der Waals surface area (Å²) >= 11 is 0. The molecule has 1 aliphatic rings. The maximum atomic E-state index is 12.7. The van der Waals surface area contributed by atoms with E-state index in [1.54, 1.807) is 14.2 Å². The molecule has 0 aliphatic carbocycles. The highest BCUT2D eigenvalue weighted by Gasteiger charge is 2.25. The lowest BCUT2D eigenvalue weighted by Gasteiger charge is -2.36. The molecule has 1 saturated heterocycles. The fourth-order valence-corrected chi connectivity index (χ4v) is 3.56. The van der Waals surface area contributed by atoms with Crippen molar-refractivity contribution in [2.24, 2.45) is 5.73 Å². The Morgan fingerprint density at radius 1 is 1.00 bits per heavy atom. The lowest BCUT2D eigenvalue weighted by Crippen LogP contribution is -2.53. The fourth-order valence-electron chi connectivity index (χ4n) is 3.56. The van der Waals surface area contributed by atoms with Gasteiger partial charge in [-0.2, -0.15) is 0 Å². The van der Waals surface area contributed by atoms with Crippen molar-refractivity contribution in [2.75, 3.05) is 40.4 Å². The monoisotopic (exact) mass is 455 g/mol. The van der Waals surface area contributed by atoms with Gasteiger partial charge in [-0.25, -0.2) is 0 Å². The lowest BCUT2D eigenvalue weighted by molar-refractivity contribution is -0.134. The number of hydrogen-bond acceptors (Lipinski definition) is 5. The Morgan fingerprint density at radius 3 is 2.27 bits per heavy atom. The Hall–Kier alpha value is -1.99. The molecule has 1 atom stereocenters. The molecule has 0 bridgehead atoms. The smallest absolute Gasteiger partial charge is 0.239 e. The highest BCUT2D eigenvalue weighted by atomic mass is 35.5. The number of nitrogens with zero attached hydrogens (tertiary/aromatic N) is 2. The number of rotatable bonds is 7. The average Bonchev–Trinajstić information content (AvgIpc) is 2.74. The number of hydrogen-bond donors (Lipinski definition) is 1. The first-order chi connectivity index (χ1) is 13.6. The van der Waals surface area contributed by atoms with Gasteiger partial charge in [-0.05, 0) is 30.2 Å². The highest BCUT2D eigenvalue weighted by Crippen LogP contribution is 2.25. The molecular weight excluding hydrogens is 425 g/mol. The van der Waals surface area contributed by atoms with E-state index in [1.165, 1.54) is 0 Å². The third-order valence-electron chi connectivity index (χ3n) is 5.18. The molecule has 1 heterocycles. The van der Waals surface area contributed by atoms with Crippen molar-refractivity contribution in [3.63, 3.8) is 0 Å². The molecule has 2 aromatic rings. The summed E-state index contributed by atoms with van der Waals surface area (Å²) in [6.07, 6.45) is 0.570. The molecule has 1 amide bonds. The molecular formula is C22H31Cl2N3O3. The van der Waals surface area contributed by atoms with Crippen LogP contribution in [0.4, 0.5) is 0 Å². The van der Waals surface area contributed by atoms with Gasteiger partial charge in [0.25, 0.3) is 0 Å². The molecule has 8 heteroatoms. The maximum Gasteiger partial charge on any atom is 0.239 e. The van der Waals surface area contributed by atoms with Gasteiger partial charge < -0.3 is 20.1 Å². The first kappa shape index (κ1) is 26.0. The van der Waals surface area contributed by atoms with Crippen molar-refractivity contribution in [2.45, 2.75) is 19.0 Å². The van der Waals surface area contributed by atoms with Crippen molar-refractivity contribution < 1.29 is 14.3 Å². The van der Waals surface area contributed by atoms with Gasteiger partial charge in [-0.3, -0.25) is 9.69 Å². The lowest BCUT2D eigenvalue weighted by atomic mass is 10.1. The molecule has 1 unspecified atom stereocenters. The van der Waals surface area contributed by atoms with E-state index in [9.17, 15) is 4.79 Å². The molecule has 3 rings (SSSR count). The molecule has 0 saturated carbocycles. The van der Waals surface area contributed by atoms with E-state index in [1.807, 2.05) is 53.4 Å². The van der Waals surface area contributed by atoms with Crippen LogP contribution in [-0.4, -0.2) is 62.1 Å². The number of piperazine rings is 1. The molecule has 2 N–H and O–H groups in total. The minimum absolute atomic E-state index is 0. The van der Waals surface area contributed by atoms with Crippen LogP contribution in [0.2, 0.25) is 0 Å². The molecule has 0 radical (unpaired) electrons. The van der Waals surface area contributed by atoms with Crippen LogP contribution >= 0.6 is 24.8 Å². The Bertz CT molecular complexity index is 784. The summed E-state index contributed by atoms with van der Waals surface area (Å²) in [5.41, 5.74) is 8.35. The summed E-state index contributed by atoms with van der Waals surface area (Å²) in [5, 5.41) is 0. The maximum absolute atomic E-state index is 12.7. The number of nitrogens with two attached hydrogens (primary N) is 1. The summed E-state index contributed by atoms with van der Waals surface area (Å²) in [5.74, 6) is 1.70. The van der Waals surface area contributed by atoms with Crippen LogP contribution in [0, 0.1) is 0 Å². The molecule has 30 heavy (non-hydrogen) atoms. The van der Waals surface area contributed by atoms with E-state index >= 15 is 0 Å². The fraction of sp³-hybridized carbons (Fsp3) is 0.409. The number of amides is 1. The van der Waals surface area contributed by atoms with E-state index in [2.05, 4.69) is 4.90 Å². The van der Waals surface area contributed by atoms with Crippen molar-refractivity contribution in [3.8, 4) is 11.5 Å². The number of methoxy groups -OCH3 is 2. The molecule has 2 aromatic carbocycles. The number of carbonyl (C=O) groups is 1. The third kappa shape index (κ3) is 6.77. The normalized spacial score (nSPS) is 14.8. The molecule has 1 fully saturated rings. The summed E-state index contributed by atoms with van der Waals surface area (Å²) in [6, 6.07) is 15.3. The van der Waals surface area contributed by atoms with E-state index in [-0.39, 0.29) is 30.7 Å². The largest absolute Gasteiger partial charge is 0.497 e. The van der Waals surface area contributed by atoms with Gasteiger partial charge in [0.1, 0.15) is 11.5 Å². The van der Waals surface area contributed by atoms with Crippen LogP contribution in [0.1, 0.15) is 11.1 Å². The Morgan fingerprint density at radius 2 is 1.67 bits per heavy atom. The van der Waals surface area contributed by atoms with Gasteiger partial charge in [0.05, 0.1) is 20.3 Å². The quantitative estimate of drug-likeness (QED) is 0.694. The minimum atomic E-state index is -0.493. The zero-order chi connectivity index (χ0) is 19.9. The molecule has 1 aliphatic heterocycles. The number of carbonyl (C=O) groups excluding carboxylic acids is 1. The summed E-state index contributed by atoms with van der Waals surface area (Å²) in [6.45, 7) is 3.76. The van der Waals surface area contributed by atoms with Crippen LogP contribution in [-0.2, 0) is 17.8 Å². The third-order valence-corrected chi connectivity index (χ3v) is 5.18. The van der Waals surface area contributed by atoms with E-state index in [0.717, 1.165) is 42.3 Å². The predicted molar refractivity (Wildman–Crippen MR) is 124 cm³/mol. The zero-order valence-electron chi connectivity index (χ0n) is 17.5. The van der Waals surface area contributed by atoms with E-state index < -0.39 is 6.04 Å². The van der Waals surface area contributed by atoms with Crippen molar-refractivity contribution >= 4 is 30.7 Å². The predicted octanol–water partition coefficient (Wildman–Crippen LogP) is 2.76. The van der Waals surface area contributed by atoms with Gasteiger partial charge in [0, 0.05) is 38.3 Å². The number of halogens is 2. The Labute approximate surface area is 191 Å². The van der Waals surface area contributed by atoms with E-state index in [0.29, 0.717) is 19.5 Å². The second-order valence-corrected chi connectivity index (χ2v) is 7.08. The van der Waals surface area contributed by atoms with Crippen LogP contribution in [0.15, 0.2) is 48.5 Å². The molecule has 0 aromatic heterocycles. The standard InChI is InChI=1S/C22H29N3O3.2ClH/c1-27-19-8-9-21(28-2)18(15-19)16-24-10-12-25(13-11-24)22(26)20(23)14-17-6-4-3-5-7-17;;/h3-9,15,20H,10-14,16,23H2,1-2H3;2*1H. The van der Waals surface area contributed by atoms with Crippen molar-refractivity contribution in [1.29, 1.82) is 0 Å². The van der Waals surface area contributed by atoms with Gasteiger partial charge in [-0.1, -0.05) is 30.3 Å². The van der Waals surface area contributed by atoms with Crippen LogP contribution < -0.4 is 15.2 Å². The first-order valence-corrected chi connectivity index (χ1v) is 9.62. The van der Waals surface area contributed by atoms with Crippen LogP contribution in [0.25, 0.3) is 0 Å². The van der Waals surface area contributed by atoms with E-state index in [4.69, 9.17) is 15.2 Å². The molecule has 166 valence electrons. The number of ether oxygens (including phenoxy) is 2. The van der Waals surface area contributed by atoms with Crippen molar-refractivity contribution in [3.05, 3.63) is 59.7 Å². The Balaban J connectivity index is 0.00000225. The Kier molecular flexibility index (Phi) is 11.0. The van der Waals surface area contributed by atoms with Crippen LogP contribution in [0.3, 0.4) is 0 Å². The molecule has 0 spiro atoms. The minimum Gasteiger partial charge on any atom is -0.497 e. The van der Waals surface area contributed by atoms with Gasteiger partial charge >= 0.3 is 0 Å². The zero-order valence-corrected chi connectivity index (χ0v) is 19.1. The number of benzene rings is 2. The molecule has 6 nitrogen and oxygen atoms in total. The van der Waals surface area contributed by atoms with Gasteiger partial charge in [0.15, 0.2) is 0 Å². The SMILES string of the molecule is COc1ccc(OC)c(CN2CCN(C(=O)C(N)Cc3ccccc3)CC2)c1.Cl.Cl. The van der Waals surface area contributed by atoms with Crippen LogP contribution in [0.5, 0.6) is 11.5 Å². The summed E-state index contributed by atoms with van der Waals surface area (Å²) < 4.78 is 10.8. The highest BCUT2D eigenvalue weighted by molar-refractivity contribution is 5.85. The first-order valence-electron chi connectivity index (χ1n) is 9.62. The van der Waals surface area contributed by atoms with Gasteiger partial charge in [-0.15, -0.1) is 24.8 Å². The summed E-state index contributed by atoms with van der Waals surface area (Å²) in [7, 11) is 3.34. The topological polar surface area (TPSA) is 68.0 Å². The van der Waals surface area contributed by atoms with Crippen molar-refractivity contribution in [1.82, 2.24) is 9.80 Å². The second kappa shape index (κ2) is 12.6. The summed E-state index contributed by atoms with van der Waals surface area (Å²) in [4.78, 5) is 16.9. The van der Waals surface area contributed by atoms with Gasteiger partial charge in [0.2, 0.25) is 5.91 Å². The second-order valence-electron chi connectivity index (χ2n) is 7.08.